The number of hydrogen-bond acceptors (Lipinski definition) is 2. The lowest BCUT2D eigenvalue weighted by atomic mass is 9.83. The Morgan fingerprint density at radius 1 is 1.00 bits per heavy atom. The van der Waals surface area contributed by atoms with E-state index in [-0.39, 0.29) is 11.8 Å². The minimum absolute atomic E-state index is 0.0661. The summed E-state index contributed by atoms with van der Waals surface area (Å²) < 4.78 is 0. The molecule has 2 bridgehead atoms. The highest BCUT2D eigenvalue weighted by molar-refractivity contribution is 5.82. The Balaban J connectivity index is 2.30. The smallest absolute Gasteiger partial charge is 0.307 e. The van der Waals surface area contributed by atoms with Crippen molar-refractivity contribution in [2.24, 2.45) is 23.7 Å². The van der Waals surface area contributed by atoms with E-state index in [1.807, 2.05) is 12.2 Å². The molecule has 0 radical (unpaired) electrons. The highest BCUT2D eigenvalue weighted by atomic mass is 16.4. The van der Waals surface area contributed by atoms with E-state index in [4.69, 9.17) is 10.2 Å². The zero-order valence-electron chi connectivity index (χ0n) is 6.88. The lowest BCUT2D eigenvalue weighted by Crippen LogP contribution is -2.32. The van der Waals surface area contributed by atoms with E-state index in [9.17, 15) is 9.59 Å². The topological polar surface area (TPSA) is 74.6 Å². The van der Waals surface area contributed by atoms with Crippen LogP contribution in [0.3, 0.4) is 0 Å². The summed E-state index contributed by atoms with van der Waals surface area (Å²) in [4.78, 5) is 21.6. The molecule has 2 aliphatic rings. The van der Waals surface area contributed by atoms with Crippen LogP contribution < -0.4 is 0 Å². The van der Waals surface area contributed by atoms with E-state index in [1.165, 1.54) is 0 Å². The van der Waals surface area contributed by atoms with Crippen molar-refractivity contribution in [3.63, 3.8) is 0 Å². The summed E-state index contributed by atoms with van der Waals surface area (Å²) in [6.45, 7) is 0. The van der Waals surface area contributed by atoms with Crippen molar-refractivity contribution < 1.29 is 19.8 Å². The Kier molecular flexibility index (Phi) is 1.65. The normalized spacial score (nSPS) is 40.9. The maximum atomic E-state index is 10.8. The summed E-state index contributed by atoms with van der Waals surface area (Å²) in [7, 11) is 0. The molecular weight excluding hydrogens is 172 g/mol. The van der Waals surface area contributed by atoms with Gasteiger partial charge in [0.25, 0.3) is 0 Å². The van der Waals surface area contributed by atoms with Crippen LogP contribution >= 0.6 is 0 Å². The van der Waals surface area contributed by atoms with Gasteiger partial charge in [-0.1, -0.05) is 12.2 Å². The summed E-state index contributed by atoms with van der Waals surface area (Å²) in [5.74, 6) is -3.53. The van der Waals surface area contributed by atoms with Crippen LogP contribution in [0.25, 0.3) is 0 Å². The maximum absolute atomic E-state index is 10.8. The first-order valence-electron chi connectivity index (χ1n) is 4.25. The van der Waals surface area contributed by atoms with Gasteiger partial charge in [0.2, 0.25) is 0 Å². The van der Waals surface area contributed by atoms with Gasteiger partial charge < -0.3 is 10.2 Å². The molecule has 0 spiro atoms. The number of carboxylic acids is 2. The first kappa shape index (κ1) is 8.29. The SMILES string of the molecule is O=C(O)[C@@H]1[C@H](C(=O)O)[C@H]2C=C[C@@H]1C2. The fraction of sp³-hybridized carbons (Fsp3) is 0.556. The average molecular weight is 182 g/mol. The number of aliphatic carboxylic acids is 2. The van der Waals surface area contributed by atoms with Crippen LogP contribution in [0.15, 0.2) is 12.2 Å². The van der Waals surface area contributed by atoms with Gasteiger partial charge in [-0.2, -0.15) is 0 Å². The van der Waals surface area contributed by atoms with Crippen molar-refractivity contribution in [1.82, 2.24) is 0 Å². The molecule has 0 aromatic rings. The molecule has 2 N–H and O–H groups in total. The molecule has 1 saturated carbocycles. The maximum Gasteiger partial charge on any atom is 0.307 e. The molecule has 2 rings (SSSR count). The van der Waals surface area contributed by atoms with Crippen LogP contribution in [0.4, 0.5) is 0 Å². The fourth-order valence-electron chi connectivity index (χ4n) is 2.50. The molecule has 0 aromatic heterocycles. The Morgan fingerprint density at radius 2 is 1.38 bits per heavy atom. The Morgan fingerprint density at radius 3 is 1.69 bits per heavy atom. The van der Waals surface area contributed by atoms with Gasteiger partial charge in [0.15, 0.2) is 0 Å². The molecule has 4 nitrogen and oxygen atoms in total. The summed E-state index contributed by atoms with van der Waals surface area (Å²) in [5.41, 5.74) is 0. The van der Waals surface area contributed by atoms with Crippen LogP contribution in [-0.2, 0) is 9.59 Å². The summed E-state index contributed by atoms with van der Waals surface area (Å²) >= 11 is 0. The lowest BCUT2D eigenvalue weighted by Gasteiger charge is -2.20. The molecule has 2 aliphatic carbocycles. The van der Waals surface area contributed by atoms with Crippen molar-refractivity contribution in [1.29, 1.82) is 0 Å². The van der Waals surface area contributed by atoms with Crippen molar-refractivity contribution in [2.75, 3.05) is 0 Å². The van der Waals surface area contributed by atoms with Crippen LogP contribution in [-0.4, -0.2) is 22.2 Å². The molecule has 4 heteroatoms. The number of rotatable bonds is 2. The van der Waals surface area contributed by atoms with Gasteiger partial charge in [-0.15, -0.1) is 0 Å². The van der Waals surface area contributed by atoms with E-state index in [0.717, 1.165) is 0 Å². The van der Waals surface area contributed by atoms with E-state index < -0.39 is 23.8 Å². The summed E-state index contributed by atoms with van der Waals surface area (Å²) in [6.07, 6.45) is 4.36. The minimum atomic E-state index is -0.982. The highest BCUT2D eigenvalue weighted by Crippen LogP contribution is 2.48. The zero-order chi connectivity index (χ0) is 9.59. The first-order chi connectivity index (χ1) is 6.11. The number of hydrogen-bond donors (Lipinski definition) is 2. The third-order valence-electron chi connectivity index (χ3n) is 3.03. The van der Waals surface area contributed by atoms with Crippen molar-refractivity contribution >= 4 is 11.9 Å². The third kappa shape index (κ3) is 1.05. The average Bonchev–Trinajstić information content (AvgIpc) is 2.60. The molecule has 13 heavy (non-hydrogen) atoms. The van der Waals surface area contributed by atoms with E-state index in [0.29, 0.717) is 6.42 Å². The van der Waals surface area contributed by atoms with Crippen LogP contribution in [0, 0.1) is 23.7 Å². The van der Waals surface area contributed by atoms with Crippen molar-refractivity contribution in [3.8, 4) is 0 Å². The van der Waals surface area contributed by atoms with Crippen LogP contribution in [0.1, 0.15) is 6.42 Å². The van der Waals surface area contributed by atoms with Gasteiger partial charge in [0.1, 0.15) is 0 Å². The van der Waals surface area contributed by atoms with Crippen molar-refractivity contribution in [3.05, 3.63) is 12.2 Å². The number of carbonyl (C=O) groups is 2. The standard InChI is InChI=1S/C9H10O4/c10-8(11)6-4-1-2-5(3-4)7(6)9(12)13/h1-2,4-7H,3H2,(H,10,11)(H,12,13)/t4-,5+,6+,7-. The van der Waals surface area contributed by atoms with Gasteiger partial charge in [0, 0.05) is 0 Å². The number of allylic oxidation sites excluding steroid dienone is 2. The van der Waals surface area contributed by atoms with E-state index in [1.54, 1.807) is 0 Å². The number of carboxylic acid groups (broad SMARTS) is 2. The van der Waals surface area contributed by atoms with Gasteiger partial charge in [-0.25, -0.2) is 0 Å². The van der Waals surface area contributed by atoms with Gasteiger partial charge >= 0.3 is 11.9 Å². The van der Waals surface area contributed by atoms with Crippen LogP contribution in [0.5, 0.6) is 0 Å². The third-order valence-corrected chi connectivity index (χ3v) is 3.03. The Labute approximate surface area is 74.9 Å². The molecule has 0 heterocycles. The second-order valence-electron chi connectivity index (χ2n) is 3.68. The molecule has 4 atom stereocenters. The lowest BCUT2D eigenvalue weighted by molar-refractivity contribution is -0.154. The van der Waals surface area contributed by atoms with Gasteiger partial charge in [-0.3, -0.25) is 9.59 Å². The molecule has 70 valence electrons. The molecule has 0 unspecified atom stereocenters. The van der Waals surface area contributed by atoms with Crippen molar-refractivity contribution in [2.45, 2.75) is 6.42 Å². The van der Waals surface area contributed by atoms with E-state index in [2.05, 4.69) is 0 Å². The molecule has 1 fully saturated rings. The second-order valence-corrected chi connectivity index (χ2v) is 3.68. The van der Waals surface area contributed by atoms with Gasteiger partial charge in [0.05, 0.1) is 11.8 Å². The van der Waals surface area contributed by atoms with Crippen LogP contribution in [0.2, 0.25) is 0 Å². The predicted molar refractivity (Wildman–Crippen MR) is 43.0 cm³/mol. The Hall–Kier alpha value is -1.32. The second kappa shape index (κ2) is 2.58. The molecule has 0 saturated heterocycles. The molecule has 0 aliphatic heterocycles. The largest absolute Gasteiger partial charge is 0.481 e. The fourth-order valence-corrected chi connectivity index (χ4v) is 2.50. The number of fused-ring (bicyclic) bond motifs is 2. The summed E-state index contributed by atoms with van der Waals surface area (Å²) in [6, 6.07) is 0. The Bertz CT molecular complexity index is 266. The molecular formula is C9H10O4. The monoisotopic (exact) mass is 182 g/mol. The highest BCUT2D eigenvalue weighted by Gasteiger charge is 2.51. The first-order valence-corrected chi connectivity index (χ1v) is 4.25. The quantitative estimate of drug-likeness (QED) is 0.613. The zero-order valence-corrected chi connectivity index (χ0v) is 6.88. The molecule has 0 aromatic carbocycles. The summed E-state index contributed by atoms with van der Waals surface area (Å²) in [5, 5.41) is 17.7. The predicted octanol–water partition coefficient (Wildman–Crippen LogP) is 0.594. The minimum Gasteiger partial charge on any atom is -0.481 e. The van der Waals surface area contributed by atoms with Gasteiger partial charge in [-0.05, 0) is 18.3 Å². The molecule has 0 amide bonds. The van der Waals surface area contributed by atoms with E-state index >= 15 is 0 Å².